The van der Waals surface area contributed by atoms with Crippen molar-refractivity contribution in [2.45, 2.75) is 37.8 Å². The molecule has 4 nitrogen and oxygen atoms in total. The molecule has 2 N–H and O–H groups in total. The summed E-state index contributed by atoms with van der Waals surface area (Å²) in [6.07, 6.45) is 3.58. The number of carbonyl (C=O) groups is 1. The van der Waals surface area contributed by atoms with Crippen LogP contribution in [0.5, 0.6) is 5.75 Å². The van der Waals surface area contributed by atoms with Crippen LogP contribution in [0.15, 0.2) is 30.3 Å². The summed E-state index contributed by atoms with van der Waals surface area (Å²) in [4.78, 5) is 10.9. The highest BCUT2D eigenvalue weighted by atomic mass is 16.5. The number of carboxylic acids is 1. The Hall–Kier alpha value is -1.55. The van der Waals surface area contributed by atoms with Gasteiger partial charge in [0.25, 0.3) is 0 Å². The molecule has 0 aromatic heterocycles. The first-order valence-electron chi connectivity index (χ1n) is 6.42. The quantitative estimate of drug-likeness (QED) is 0.838. The highest BCUT2D eigenvalue weighted by Crippen LogP contribution is 2.16. The first-order chi connectivity index (χ1) is 8.75. The van der Waals surface area contributed by atoms with Crippen molar-refractivity contribution in [1.82, 2.24) is 5.32 Å². The van der Waals surface area contributed by atoms with Crippen LogP contribution in [-0.4, -0.2) is 29.8 Å². The molecule has 2 unspecified atom stereocenters. The Morgan fingerprint density at radius 2 is 2.11 bits per heavy atom. The number of benzene rings is 1. The van der Waals surface area contributed by atoms with E-state index in [9.17, 15) is 4.79 Å². The summed E-state index contributed by atoms with van der Waals surface area (Å²) in [5, 5.41) is 12.1. The third kappa shape index (κ3) is 3.74. The summed E-state index contributed by atoms with van der Waals surface area (Å²) < 4.78 is 5.62. The number of carboxylic acid groups (broad SMARTS) is 1. The van der Waals surface area contributed by atoms with E-state index in [0.29, 0.717) is 6.61 Å². The highest BCUT2D eigenvalue weighted by molar-refractivity contribution is 5.73. The second kappa shape index (κ2) is 6.40. The van der Waals surface area contributed by atoms with Gasteiger partial charge < -0.3 is 15.2 Å². The first kappa shape index (κ1) is 12.9. The Morgan fingerprint density at radius 3 is 2.83 bits per heavy atom. The van der Waals surface area contributed by atoms with E-state index in [1.165, 1.54) is 0 Å². The summed E-state index contributed by atoms with van der Waals surface area (Å²) in [7, 11) is 0. The Bertz CT molecular complexity index is 380. The predicted octanol–water partition coefficient (Wildman–Crippen LogP) is 2.05. The van der Waals surface area contributed by atoms with Crippen LogP contribution < -0.4 is 10.1 Å². The van der Waals surface area contributed by atoms with Crippen molar-refractivity contribution in [2.75, 3.05) is 6.61 Å². The molecule has 1 aliphatic heterocycles. The monoisotopic (exact) mass is 249 g/mol. The molecule has 1 aliphatic rings. The third-order valence-corrected chi connectivity index (χ3v) is 3.26. The average molecular weight is 249 g/mol. The van der Waals surface area contributed by atoms with Gasteiger partial charge in [-0.15, -0.1) is 0 Å². The smallest absolute Gasteiger partial charge is 0.320 e. The normalized spacial score (nSPS) is 23.6. The maximum absolute atomic E-state index is 10.9. The van der Waals surface area contributed by atoms with Crippen LogP contribution in [0.1, 0.15) is 25.7 Å². The number of aliphatic carboxylic acids is 1. The fourth-order valence-electron chi connectivity index (χ4n) is 2.28. The van der Waals surface area contributed by atoms with Crippen molar-refractivity contribution in [2.24, 2.45) is 0 Å². The molecular weight excluding hydrogens is 230 g/mol. The van der Waals surface area contributed by atoms with E-state index < -0.39 is 5.97 Å². The van der Waals surface area contributed by atoms with E-state index in [1.54, 1.807) is 0 Å². The van der Waals surface area contributed by atoms with E-state index in [0.717, 1.165) is 31.4 Å². The van der Waals surface area contributed by atoms with Crippen LogP contribution >= 0.6 is 0 Å². The molecule has 2 rings (SSSR count). The van der Waals surface area contributed by atoms with Gasteiger partial charge in [0.05, 0.1) is 6.61 Å². The summed E-state index contributed by atoms with van der Waals surface area (Å²) in [5.41, 5.74) is 0. The van der Waals surface area contributed by atoms with Crippen LogP contribution in [-0.2, 0) is 4.79 Å². The van der Waals surface area contributed by atoms with Crippen LogP contribution in [0.3, 0.4) is 0 Å². The van der Waals surface area contributed by atoms with E-state index in [4.69, 9.17) is 9.84 Å². The predicted molar refractivity (Wildman–Crippen MR) is 68.8 cm³/mol. The van der Waals surface area contributed by atoms with Gasteiger partial charge in [0.15, 0.2) is 0 Å². The summed E-state index contributed by atoms with van der Waals surface area (Å²) >= 11 is 0. The molecule has 0 spiro atoms. The molecule has 4 heteroatoms. The maximum atomic E-state index is 10.9. The standard InChI is InChI=1S/C14H19NO3/c16-14(17)13-8-4-5-11(15-13)9-10-18-12-6-2-1-3-7-12/h1-3,6-7,11,13,15H,4-5,8-10H2,(H,16,17). The molecule has 18 heavy (non-hydrogen) atoms. The summed E-state index contributed by atoms with van der Waals surface area (Å²) in [6, 6.07) is 9.54. The number of para-hydroxylation sites is 1. The fraction of sp³-hybridized carbons (Fsp3) is 0.500. The zero-order chi connectivity index (χ0) is 12.8. The lowest BCUT2D eigenvalue weighted by Gasteiger charge is -2.28. The SMILES string of the molecule is O=C(O)C1CCCC(CCOc2ccccc2)N1. The maximum Gasteiger partial charge on any atom is 0.320 e. The molecule has 98 valence electrons. The second-order valence-electron chi connectivity index (χ2n) is 4.64. The van der Waals surface area contributed by atoms with Crippen LogP contribution in [0.25, 0.3) is 0 Å². The molecule has 0 bridgehead atoms. The Kier molecular flexibility index (Phi) is 4.59. The minimum absolute atomic E-state index is 0.253. The molecule has 0 amide bonds. The topological polar surface area (TPSA) is 58.6 Å². The lowest BCUT2D eigenvalue weighted by atomic mass is 9.97. The van der Waals surface area contributed by atoms with Gasteiger partial charge in [-0.25, -0.2) is 0 Å². The lowest BCUT2D eigenvalue weighted by Crippen LogP contribution is -2.47. The average Bonchev–Trinajstić information content (AvgIpc) is 2.40. The Balaban J connectivity index is 1.72. The number of hydrogen-bond donors (Lipinski definition) is 2. The van der Waals surface area contributed by atoms with Gasteiger partial charge in [0.1, 0.15) is 11.8 Å². The molecule has 0 saturated carbocycles. The summed E-state index contributed by atoms with van der Waals surface area (Å²) in [6.45, 7) is 0.619. The van der Waals surface area contributed by atoms with E-state index in [-0.39, 0.29) is 12.1 Å². The van der Waals surface area contributed by atoms with Gasteiger partial charge >= 0.3 is 5.97 Å². The van der Waals surface area contributed by atoms with Crippen molar-refractivity contribution >= 4 is 5.97 Å². The van der Waals surface area contributed by atoms with E-state index >= 15 is 0 Å². The Labute approximate surface area is 107 Å². The number of rotatable bonds is 5. The molecule has 1 aromatic rings. The molecule has 0 radical (unpaired) electrons. The largest absolute Gasteiger partial charge is 0.494 e. The second-order valence-corrected chi connectivity index (χ2v) is 4.64. The minimum atomic E-state index is -0.747. The molecule has 1 saturated heterocycles. The molecule has 2 atom stereocenters. The number of ether oxygens (including phenoxy) is 1. The van der Waals surface area contributed by atoms with E-state index in [2.05, 4.69) is 5.32 Å². The number of nitrogens with one attached hydrogen (secondary N) is 1. The molecule has 1 aromatic carbocycles. The first-order valence-corrected chi connectivity index (χ1v) is 6.42. The fourth-order valence-corrected chi connectivity index (χ4v) is 2.28. The highest BCUT2D eigenvalue weighted by Gasteiger charge is 2.25. The summed E-state index contributed by atoms with van der Waals surface area (Å²) in [5.74, 6) is 0.117. The van der Waals surface area contributed by atoms with Crippen LogP contribution in [0.4, 0.5) is 0 Å². The van der Waals surface area contributed by atoms with Gasteiger partial charge in [-0.3, -0.25) is 4.79 Å². The van der Waals surface area contributed by atoms with Gasteiger partial charge in [-0.05, 0) is 37.8 Å². The molecule has 0 aliphatic carbocycles. The number of hydrogen-bond acceptors (Lipinski definition) is 3. The van der Waals surface area contributed by atoms with Crippen molar-refractivity contribution in [3.05, 3.63) is 30.3 Å². The third-order valence-electron chi connectivity index (χ3n) is 3.26. The Morgan fingerprint density at radius 1 is 1.33 bits per heavy atom. The van der Waals surface area contributed by atoms with Crippen LogP contribution in [0.2, 0.25) is 0 Å². The molecule has 1 fully saturated rings. The molecule has 1 heterocycles. The van der Waals surface area contributed by atoms with Gasteiger partial charge in [-0.1, -0.05) is 18.2 Å². The lowest BCUT2D eigenvalue weighted by molar-refractivity contribution is -0.140. The zero-order valence-corrected chi connectivity index (χ0v) is 10.3. The van der Waals surface area contributed by atoms with Gasteiger partial charge in [0, 0.05) is 6.04 Å². The van der Waals surface area contributed by atoms with Crippen LogP contribution in [0, 0.1) is 0 Å². The van der Waals surface area contributed by atoms with Gasteiger partial charge in [-0.2, -0.15) is 0 Å². The van der Waals surface area contributed by atoms with E-state index in [1.807, 2.05) is 30.3 Å². The minimum Gasteiger partial charge on any atom is -0.494 e. The van der Waals surface area contributed by atoms with Crippen molar-refractivity contribution in [3.63, 3.8) is 0 Å². The van der Waals surface area contributed by atoms with Crippen molar-refractivity contribution in [3.8, 4) is 5.75 Å². The number of piperidine rings is 1. The molecular formula is C14H19NO3. The van der Waals surface area contributed by atoms with Crippen molar-refractivity contribution < 1.29 is 14.6 Å². The zero-order valence-electron chi connectivity index (χ0n) is 10.3. The van der Waals surface area contributed by atoms with Gasteiger partial charge in [0.2, 0.25) is 0 Å². The van der Waals surface area contributed by atoms with Crippen molar-refractivity contribution in [1.29, 1.82) is 0 Å².